The first-order chi connectivity index (χ1) is 7.82. The molecule has 0 aromatic carbocycles. The summed E-state index contributed by atoms with van der Waals surface area (Å²) in [5.74, 6) is -2.16. The van der Waals surface area contributed by atoms with E-state index in [2.05, 4.69) is 5.32 Å². The smallest absolute Gasteiger partial charge is 0.307 e. The van der Waals surface area contributed by atoms with Crippen LogP contribution in [0.25, 0.3) is 0 Å². The van der Waals surface area contributed by atoms with E-state index in [0.29, 0.717) is 0 Å². The normalized spacial score (nSPS) is 12.0. The average molecular weight is 246 g/mol. The molecular weight excluding hydrogens is 228 g/mol. The van der Waals surface area contributed by atoms with Crippen molar-refractivity contribution in [2.75, 3.05) is 6.54 Å². The second-order valence-corrected chi connectivity index (χ2v) is 3.78. The molecule has 4 N–H and O–H groups in total. The molecular formula is C10H18N2O5. The van der Waals surface area contributed by atoms with Crippen LogP contribution in [0.3, 0.4) is 0 Å². The van der Waals surface area contributed by atoms with Gasteiger partial charge in [-0.05, 0) is 13.8 Å². The fraction of sp³-hybridized carbons (Fsp3) is 0.700. The van der Waals surface area contributed by atoms with Gasteiger partial charge in [-0.1, -0.05) is 0 Å². The standard InChI is InChI=1S/C10H18N2O5/c1-6(2)17-9(15)3-4-12-10(16)7(11)5-8(13)14/h6-7H,3-5,11H2,1-2H3,(H,12,16)(H,13,14). The van der Waals surface area contributed by atoms with Crippen LogP contribution in [-0.4, -0.2) is 41.6 Å². The molecule has 0 aliphatic heterocycles. The predicted molar refractivity (Wildman–Crippen MR) is 59.1 cm³/mol. The minimum atomic E-state index is -1.15. The Morgan fingerprint density at radius 2 is 1.94 bits per heavy atom. The van der Waals surface area contributed by atoms with E-state index in [4.69, 9.17) is 15.6 Å². The predicted octanol–water partition coefficient (Wildman–Crippen LogP) is -0.754. The number of amides is 1. The van der Waals surface area contributed by atoms with Crippen LogP contribution in [0.4, 0.5) is 0 Å². The largest absolute Gasteiger partial charge is 0.481 e. The Kier molecular flexibility index (Phi) is 6.88. The first kappa shape index (κ1) is 15.4. The number of carbonyl (C=O) groups excluding carboxylic acids is 2. The van der Waals surface area contributed by atoms with Crippen molar-refractivity contribution < 1.29 is 24.2 Å². The Morgan fingerprint density at radius 1 is 1.35 bits per heavy atom. The number of nitrogens with one attached hydrogen (secondary N) is 1. The van der Waals surface area contributed by atoms with E-state index in [1.165, 1.54) is 0 Å². The summed E-state index contributed by atoms with van der Waals surface area (Å²) in [5, 5.41) is 10.8. The molecule has 0 bridgehead atoms. The minimum absolute atomic E-state index is 0.0315. The van der Waals surface area contributed by atoms with E-state index in [1.807, 2.05) is 0 Å². The first-order valence-electron chi connectivity index (χ1n) is 5.27. The maximum Gasteiger partial charge on any atom is 0.307 e. The molecule has 0 heterocycles. The summed E-state index contributed by atoms with van der Waals surface area (Å²) in [7, 11) is 0. The van der Waals surface area contributed by atoms with Gasteiger partial charge in [0.15, 0.2) is 0 Å². The maximum absolute atomic E-state index is 11.2. The number of hydrogen-bond acceptors (Lipinski definition) is 5. The summed E-state index contributed by atoms with van der Waals surface area (Å²) in [6.07, 6.45) is -0.612. The lowest BCUT2D eigenvalue weighted by atomic mass is 10.2. The third-order valence-electron chi connectivity index (χ3n) is 1.73. The lowest BCUT2D eigenvalue weighted by Crippen LogP contribution is -2.42. The Labute approximate surface area is 99.3 Å². The van der Waals surface area contributed by atoms with Crippen LogP contribution in [-0.2, 0) is 19.1 Å². The molecule has 0 saturated heterocycles. The van der Waals surface area contributed by atoms with Gasteiger partial charge in [-0.3, -0.25) is 14.4 Å². The van der Waals surface area contributed by atoms with Gasteiger partial charge in [-0.2, -0.15) is 0 Å². The summed E-state index contributed by atoms with van der Waals surface area (Å²) in [4.78, 5) is 32.6. The van der Waals surface area contributed by atoms with E-state index in [0.717, 1.165) is 0 Å². The summed E-state index contributed by atoms with van der Waals surface area (Å²) in [6.45, 7) is 3.52. The van der Waals surface area contributed by atoms with Crippen molar-refractivity contribution >= 4 is 17.8 Å². The van der Waals surface area contributed by atoms with Crippen LogP contribution in [0.5, 0.6) is 0 Å². The molecule has 0 aliphatic rings. The lowest BCUT2D eigenvalue weighted by molar-refractivity contribution is -0.147. The van der Waals surface area contributed by atoms with Gasteiger partial charge in [0, 0.05) is 6.54 Å². The quantitative estimate of drug-likeness (QED) is 0.508. The molecule has 7 nitrogen and oxygen atoms in total. The van der Waals surface area contributed by atoms with Crippen LogP contribution in [0, 0.1) is 0 Å². The number of carbonyl (C=O) groups is 3. The van der Waals surface area contributed by atoms with Gasteiger partial charge in [-0.25, -0.2) is 0 Å². The fourth-order valence-corrected chi connectivity index (χ4v) is 1.02. The highest BCUT2D eigenvalue weighted by Gasteiger charge is 2.16. The molecule has 1 unspecified atom stereocenters. The van der Waals surface area contributed by atoms with E-state index >= 15 is 0 Å². The number of rotatable bonds is 7. The van der Waals surface area contributed by atoms with Crippen molar-refractivity contribution in [3.8, 4) is 0 Å². The zero-order valence-electron chi connectivity index (χ0n) is 9.93. The van der Waals surface area contributed by atoms with Crippen LogP contribution >= 0.6 is 0 Å². The van der Waals surface area contributed by atoms with Crippen molar-refractivity contribution in [1.29, 1.82) is 0 Å². The van der Waals surface area contributed by atoms with Gasteiger partial charge < -0.3 is 20.9 Å². The summed E-state index contributed by atoms with van der Waals surface area (Å²) in [5.41, 5.74) is 5.31. The van der Waals surface area contributed by atoms with Gasteiger partial charge in [0.05, 0.1) is 25.0 Å². The minimum Gasteiger partial charge on any atom is -0.481 e. The summed E-state index contributed by atoms with van der Waals surface area (Å²) >= 11 is 0. The molecule has 1 atom stereocenters. The molecule has 0 saturated carbocycles. The first-order valence-corrected chi connectivity index (χ1v) is 5.27. The van der Waals surface area contributed by atoms with Gasteiger partial charge >= 0.3 is 11.9 Å². The summed E-state index contributed by atoms with van der Waals surface area (Å²) < 4.78 is 4.84. The molecule has 98 valence electrons. The average Bonchev–Trinajstić information content (AvgIpc) is 2.14. The molecule has 17 heavy (non-hydrogen) atoms. The molecule has 0 aromatic heterocycles. The highest BCUT2D eigenvalue weighted by atomic mass is 16.5. The third kappa shape index (κ3) is 8.21. The fourth-order valence-electron chi connectivity index (χ4n) is 1.02. The van der Waals surface area contributed by atoms with Crippen LogP contribution in [0.2, 0.25) is 0 Å². The van der Waals surface area contributed by atoms with E-state index in [9.17, 15) is 14.4 Å². The molecule has 0 aliphatic carbocycles. The van der Waals surface area contributed by atoms with Gasteiger partial charge in [0.1, 0.15) is 0 Å². The molecule has 0 aromatic rings. The molecule has 1 amide bonds. The zero-order chi connectivity index (χ0) is 13.4. The number of esters is 1. The van der Waals surface area contributed by atoms with Crippen LogP contribution in [0.15, 0.2) is 0 Å². The van der Waals surface area contributed by atoms with Gasteiger partial charge in [-0.15, -0.1) is 0 Å². The molecule has 0 radical (unpaired) electrons. The number of carboxylic acids is 1. The number of carboxylic acid groups (broad SMARTS) is 1. The van der Waals surface area contributed by atoms with E-state index < -0.39 is 30.3 Å². The topological polar surface area (TPSA) is 119 Å². The van der Waals surface area contributed by atoms with Gasteiger partial charge in [0.2, 0.25) is 5.91 Å². The van der Waals surface area contributed by atoms with Gasteiger partial charge in [0.25, 0.3) is 0 Å². The van der Waals surface area contributed by atoms with Crippen LogP contribution < -0.4 is 11.1 Å². The molecule has 0 rings (SSSR count). The Morgan fingerprint density at radius 3 is 2.41 bits per heavy atom. The number of aliphatic carboxylic acids is 1. The highest BCUT2D eigenvalue weighted by Crippen LogP contribution is 1.93. The monoisotopic (exact) mass is 246 g/mol. The van der Waals surface area contributed by atoms with Crippen molar-refractivity contribution in [3.63, 3.8) is 0 Å². The highest BCUT2D eigenvalue weighted by molar-refractivity contribution is 5.86. The van der Waals surface area contributed by atoms with Crippen LogP contribution in [0.1, 0.15) is 26.7 Å². The Bertz CT molecular complexity index is 290. The van der Waals surface area contributed by atoms with Crippen molar-refractivity contribution in [3.05, 3.63) is 0 Å². The number of ether oxygens (including phenoxy) is 1. The molecule has 0 spiro atoms. The maximum atomic E-state index is 11.2. The molecule has 0 fully saturated rings. The second kappa shape index (κ2) is 7.61. The van der Waals surface area contributed by atoms with E-state index in [-0.39, 0.29) is 19.1 Å². The third-order valence-corrected chi connectivity index (χ3v) is 1.73. The Hall–Kier alpha value is -1.63. The lowest BCUT2D eigenvalue weighted by Gasteiger charge is -2.11. The second-order valence-electron chi connectivity index (χ2n) is 3.78. The van der Waals surface area contributed by atoms with E-state index in [1.54, 1.807) is 13.8 Å². The van der Waals surface area contributed by atoms with Crippen molar-refractivity contribution in [2.45, 2.75) is 38.8 Å². The SMILES string of the molecule is CC(C)OC(=O)CCNC(=O)C(N)CC(=O)O. The Balaban J connectivity index is 3.77. The summed E-state index contributed by atoms with van der Waals surface area (Å²) in [6, 6.07) is -1.10. The number of nitrogens with two attached hydrogens (primary N) is 1. The zero-order valence-corrected chi connectivity index (χ0v) is 9.93. The van der Waals surface area contributed by atoms with Crippen molar-refractivity contribution in [1.82, 2.24) is 5.32 Å². The number of hydrogen-bond donors (Lipinski definition) is 3. The molecule has 7 heteroatoms. The van der Waals surface area contributed by atoms with Crippen molar-refractivity contribution in [2.24, 2.45) is 5.73 Å².